The Balaban J connectivity index is 1.82. The first-order valence-electron chi connectivity index (χ1n) is 7.39. The highest BCUT2D eigenvalue weighted by Gasteiger charge is 2.06. The SMILES string of the molecule is COCCNc1cncc(C(=O)NCCc2ccc(F)cc2)c1. The Morgan fingerprint density at radius 3 is 2.74 bits per heavy atom. The number of carbonyl (C=O) groups excluding carboxylic acids is 1. The molecule has 5 nitrogen and oxygen atoms in total. The average molecular weight is 317 g/mol. The Morgan fingerprint density at radius 2 is 2.00 bits per heavy atom. The Morgan fingerprint density at radius 1 is 1.22 bits per heavy atom. The van der Waals surface area contributed by atoms with Crippen molar-refractivity contribution >= 4 is 11.6 Å². The molecule has 1 heterocycles. The maximum absolute atomic E-state index is 12.8. The van der Waals surface area contributed by atoms with E-state index in [4.69, 9.17) is 4.74 Å². The number of methoxy groups -OCH3 is 1. The van der Waals surface area contributed by atoms with Gasteiger partial charge in [0.15, 0.2) is 0 Å². The molecule has 6 heteroatoms. The number of nitrogens with zero attached hydrogens (tertiary/aromatic N) is 1. The summed E-state index contributed by atoms with van der Waals surface area (Å²) in [5.74, 6) is -0.448. The number of aromatic nitrogens is 1. The fourth-order valence-electron chi connectivity index (χ4n) is 2.03. The number of halogens is 1. The van der Waals surface area contributed by atoms with Crippen molar-refractivity contribution < 1.29 is 13.9 Å². The molecule has 23 heavy (non-hydrogen) atoms. The van der Waals surface area contributed by atoms with Gasteiger partial charge in [-0.15, -0.1) is 0 Å². The van der Waals surface area contributed by atoms with Gasteiger partial charge in [0, 0.05) is 32.6 Å². The molecule has 0 aliphatic heterocycles. The van der Waals surface area contributed by atoms with Gasteiger partial charge in [-0.25, -0.2) is 4.39 Å². The molecule has 2 N–H and O–H groups in total. The molecule has 0 atom stereocenters. The summed E-state index contributed by atoms with van der Waals surface area (Å²) in [4.78, 5) is 16.2. The Bertz CT molecular complexity index is 632. The number of hydrogen-bond donors (Lipinski definition) is 2. The van der Waals surface area contributed by atoms with Crippen LogP contribution in [0.5, 0.6) is 0 Å². The summed E-state index contributed by atoms with van der Waals surface area (Å²) in [6, 6.07) is 8.00. The van der Waals surface area contributed by atoms with E-state index in [1.54, 1.807) is 31.5 Å². The fourth-order valence-corrected chi connectivity index (χ4v) is 2.03. The lowest BCUT2D eigenvalue weighted by molar-refractivity contribution is 0.0954. The second-order valence-electron chi connectivity index (χ2n) is 5.01. The molecule has 1 amide bonds. The number of carbonyl (C=O) groups is 1. The maximum Gasteiger partial charge on any atom is 0.252 e. The monoisotopic (exact) mass is 317 g/mol. The van der Waals surface area contributed by atoms with E-state index in [0.29, 0.717) is 31.7 Å². The Hall–Kier alpha value is -2.47. The molecule has 0 spiro atoms. The molecule has 0 saturated carbocycles. The number of rotatable bonds is 8. The lowest BCUT2D eigenvalue weighted by Gasteiger charge is -2.08. The molecule has 0 saturated heterocycles. The van der Waals surface area contributed by atoms with Gasteiger partial charge < -0.3 is 15.4 Å². The zero-order valence-electron chi connectivity index (χ0n) is 13.0. The van der Waals surface area contributed by atoms with Gasteiger partial charge in [0.25, 0.3) is 5.91 Å². The molecule has 1 aromatic heterocycles. The van der Waals surface area contributed by atoms with Crippen LogP contribution < -0.4 is 10.6 Å². The zero-order chi connectivity index (χ0) is 16.5. The molecule has 0 radical (unpaired) electrons. The van der Waals surface area contributed by atoms with E-state index in [-0.39, 0.29) is 11.7 Å². The molecular formula is C17H20FN3O2. The topological polar surface area (TPSA) is 63.2 Å². The highest BCUT2D eigenvalue weighted by Crippen LogP contribution is 2.08. The van der Waals surface area contributed by atoms with Crippen LogP contribution in [0.1, 0.15) is 15.9 Å². The van der Waals surface area contributed by atoms with E-state index in [9.17, 15) is 9.18 Å². The van der Waals surface area contributed by atoms with Gasteiger partial charge >= 0.3 is 0 Å². The van der Waals surface area contributed by atoms with Crippen LogP contribution in [0.3, 0.4) is 0 Å². The Labute approximate surface area is 134 Å². The highest BCUT2D eigenvalue weighted by atomic mass is 19.1. The van der Waals surface area contributed by atoms with Crippen LogP contribution in [0.25, 0.3) is 0 Å². The second-order valence-corrected chi connectivity index (χ2v) is 5.01. The lowest BCUT2D eigenvalue weighted by Crippen LogP contribution is -2.26. The number of pyridine rings is 1. The smallest absolute Gasteiger partial charge is 0.252 e. The highest BCUT2D eigenvalue weighted by molar-refractivity contribution is 5.94. The van der Waals surface area contributed by atoms with Crippen molar-refractivity contribution in [2.75, 3.05) is 32.1 Å². The maximum atomic E-state index is 12.8. The van der Waals surface area contributed by atoms with E-state index in [1.807, 2.05) is 0 Å². The predicted molar refractivity (Wildman–Crippen MR) is 87.0 cm³/mol. The van der Waals surface area contributed by atoms with Gasteiger partial charge in [-0.1, -0.05) is 12.1 Å². The molecule has 2 rings (SSSR count). The quantitative estimate of drug-likeness (QED) is 0.733. The van der Waals surface area contributed by atoms with E-state index >= 15 is 0 Å². The minimum atomic E-state index is -0.262. The van der Waals surface area contributed by atoms with Crippen molar-refractivity contribution in [3.8, 4) is 0 Å². The number of anilines is 1. The molecule has 0 bridgehead atoms. The lowest BCUT2D eigenvalue weighted by atomic mass is 10.1. The molecule has 122 valence electrons. The first-order chi connectivity index (χ1) is 11.2. The van der Waals surface area contributed by atoms with E-state index < -0.39 is 0 Å². The third-order valence-electron chi connectivity index (χ3n) is 3.25. The minimum Gasteiger partial charge on any atom is -0.383 e. The van der Waals surface area contributed by atoms with Crippen LogP contribution in [0.15, 0.2) is 42.7 Å². The second kappa shape index (κ2) is 8.85. The van der Waals surface area contributed by atoms with Crippen molar-refractivity contribution in [2.24, 2.45) is 0 Å². The van der Waals surface area contributed by atoms with Crippen molar-refractivity contribution in [2.45, 2.75) is 6.42 Å². The molecule has 0 unspecified atom stereocenters. The van der Waals surface area contributed by atoms with E-state index in [1.165, 1.54) is 18.3 Å². The molecule has 0 aliphatic rings. The largest absolute Gasteiger partial charge is 0.383 e. The predicted octanol–water partition coefficient (Wildman–Crippen LogP) is 2.25. The summed E-state index contributed by atoms with van der Waals surface area (Å²) in [6.45, 7) is 1.70. The Kier molecular flexibility index (Phi) is 6.50. The first kappa shape index (κ1) is 16.9. The molecule has 0 aliphatic carbocycles. The van der Waals surface area contributed by atoms with Gasteiger partial charge in [0.1, 0.15) is 5.82 Å². The summed E-state index contributed by atoms with van der Waals surface area (Å²) >= 11 is 0. The zero-order valence-corrected chi connectivity index (χ0v) is 13.0. The number of ether oxygens (including phenoxy) is 1. The third kappa shape index (κ3) is 5.67. The van der Waals surface area contributed by atoms with Gasteiger partial charge in [-0.05, 0) is 30.2 Å². The number of amides is 1. The van der Waals surface area contributed by atoms with Gasteiger partial charge in [0.05, 0.1) is 17.9 Å². The van der Waals surface area contributed by atoms with Crippen molar-refractivity contribution in [3.05, 3.63) is 59.7 Å². The molecular weight excluding hydrogens is 297 g/mol. The van der Waals surface area contributed by atoms with Crippen molar-refractivity contribution in [1.29, 1.82) is 0 Å². The minimum absolute atomic E-state index is 0.185. The van der Waals surface area contributed by atoms with Crippen LogP contribution in [0, 0.1) is 5.82 Å². The third-order valence-corrected chi connectivity index (χ3v) is 3.25. The molecule has 0 fully saturated rings. The summed E-state index contributed by atoms with van der Waals surface area (Å²) in [7, 11) is 1.63. The van der Waals surface area contributed by atoms with Crippen LogP contribution in [-0.2, 0) is 11.2 Å². The fraction of sp³-hybridized carbons (Fsp3) is 0.294. The number of nitrogens with one attached hydrogen (secondary N) is 2. The number of benzene rings is 1. The van der Waals surface area contributed by atoms with Gasteiger partial charge in [0.2, 0.25) is 0 Å². The van der Waals surface area contributed by atoms with Crippen LogP contribution in [0.4, 0.5) is 10.1 Å². The van der Waals surface area contributed by atoms with Crippen LogP contribution in [0.2, 0.25) is 0 Å². The molecule has 1 aromatic carbocycles. The first-order valence-corrected chi connectivity index (χ1v) is 7.39. The van der Waals surface area contributed by atoms with E-state index in [2.05, 4.69) is 15.6 Å². The van der Waals surface area contributed by atoms with Crippen molar-refractivity contribution in [1.82, 2.24) is 10.3 Å². The summed E-state index contributed by atoms with van der Waals surface area (Å²) in [5.41, 5.74) is 2.24. The normalized spacial score (nSPS) is 10.3. The standard InChI is InChI=1S/C17H20FN3O2/c1-23-9-8-20-16-10-14(11-19-12-16)17(22)21-7-6-13-2-4-15(18)5-3-13/h2-5,10-12,20H,6-9H2,1H3,(H,21,22). The van der Waals surface area contributed by atoms with Gasteiger partial charge in [-0.2, -0.15) is 0 Å². The summed E-state index contributed by atoms with van der Waals surface area (Å²) in [5, 5.41) is 5.96. The van der Waals surface area contributed by atoms with Crippen LogP contribution in [-0.4, -0.2) is 37.7 Å². The molecule has 2 aromatic rings. The number of hydrogen-bond acceptors (Lipinski definition) is 4. The van der Waals surface area contributed by atoms with E-state index in [0.717, 1.165) is 11.3 Å². The summed E-state index contributed by atoms with van der Waals surface area (Å²) < 4.78 is 17.8. The van der Waals surface area contributed by atoms with Crippen LogP contribution >= 0.6 is 0 Å². The summed E-state index contributed by atoms with van der Waals surface area (Å²) in [6.07, 6.45) is 3.82. The average Bonchev–Trinajstić information content (AvgIpc) is 2.57. The van der Waals surface area contributed by atoms with Gasteiger partial charge in [-0.3, -0.25) is 9.78 Å². The van der Waals surface area contributed by atoms with Crippen molar-refractivity contribution in [3.63, 3.8) is 0 Å².